The van der Waals surface area contributed by atoms with Gasteiger partial charge in [-0.3, -0.25) is 9.78 Å². The van der Waals surface area contributed by atoms with E-state index in [2.05, 4.69) is 27.4 Å². The molecule has 7 nitrogen and oxygen atoms in total. The first kappa shape index (κ1) is 20.8. The van der Waals surface area contributed by atoms with Gasteiger partial charge in [-0.2, -0.15) is 10.5 Å². The Morgan fingerprint density at radius 2 is 1.77 bits per heavy atom. The Kier molecular flexibility index (Phi) is 6.63. The summed E-state index contributed by atoms with van der Waals surface area (Å²) in [6.07, 6.45) is 3.42. The molecule has 0 fully saturated rings. The quantitative estimate of drug-likeness (QED) is 0.585. The minimum atomic E-state index is -0.160. The van der Waals surface area contributed by atoms with Crippen LogP contribution in [0.4, 0.5) is 11.5 Å². The maximum absolute atomic E-state index is 12.1. The van der Waals surface area contributed by atoms with Crippen molar-refractivity contribution in [1.82, 2.24) is 9.97 Å². The molecule has 0 saturated carbocycles. The van der Waals surface area contributed by atoms with E-state index in [0.717, 1.165) is 11.1 Å². The molecular weight excluding hydrogens is 396 g/mol. The first-order valence-electron chi connectivity index (χ1n) is 9.07. The normalized spacial score (nSPS) is 10.1. The minimum Gasteiger partial charge on any atom is -0.383 e. The number of hydrogen-bond acceptors (Lipinski definition) is 7. The van der Waals surface area contributed by atoms with Gasteiger partial charge in [0.1, 0.15) is 28.5 Å². The van der Waals surface area contributed by atoms with E-state index in [4.69, 9.17) is 5.73 Å². The Bertz CT molecular complexity index is 1150. The highest BCUT2D eigenvalue weighted by atomic mass is 32.2. The third-order valence-electron chi connectivity index (χ3n) is 4.29. The number of pyridine rings is 2. The van der Waals surface area contributed by atoms with E-state index < -0.39 is 0 Å². The number of aromatic nitrogens is 2. The number of hydrogen-bond donors (Lipinski definition) is 2. The minimum absolute atomic E-state index is 0.0656. The number of nitrogens with one attached hydrogen (secondary N) is 1. The summed E-state index contributed by atoms with van der Waals surface area (Å²) in [6.45, 7) is 1.96. The van der Waals surface area contributed by atoms with Crippen molar-refractivity contribution in [3.05, 3.63) is 65.5 Å². The highest BCUT2D eigenvalue weighted by Crippen LogP contribution is 2.35. The monoisotopic (exact) mass is 414 g/mol. The van der Waals surface area contributed by atoms with Gasteiger partial charge in [0, 0.05) is 35.8 Å². The fraction of sp³-hybridized carbons (Fsp3) is 0.136. The number of benzene rings is 1. The van der Waals surface area contributed by atoms with Crippen molar-refractivity contribution in [2.75, 3.05) is 16.8 Å². The maximum Gasteiger partial charge on any atom is 0.225 e. The molecule has 0 aliphatic rings. The number of carbonyl (C=O) groups is 1. The van der Waals surface area contributed by atoms with Crippen LogP contribution in [0.5, 0.6) is 0 Å². The van der Waals surface area contributed by atoms with Gasteiger partial charge in [0.25, 0.3) is 0 Å². The van der Waals surface area contributed by atoms with Crippen LogP contribution in [0.1, 0.15) is 23.1 Å². The van der Waals surface area contributed by atoms with Crippen LogP contribution >= 0.6 is 11.8 Å². The SMILES string of the molecule is Cc1ccc(-c2c(C#N)c(N)nc(SCCC(=O)Nc3ccncc3)c2C#N)cc1. The molecule has 0 aliphatic carbocycles. The summed E-state index contributed by atoms with van der Waals surface area (Å²) in [7, 11) is 0. The molecule has 1 aromatic carbocycles. The van der Waals surface area contributed by atoms with Crippen LogP contribution < -0.4 is 11.1 Å². The molecule has 0 radical (unpaired) electrons. The van der Waals surface area contributed by atoms with Gasteiger partial charge in [-0.15, -0.1) is 11.8 Å². The second-order valence-electron chi connectivity index (χ2n) is 6.40. The number of thioether (sulfide) groups is 1. The van der Waals surface area contributed by atoms with Crippen LogP contribution in [0.3, 0.4) is 0 Å². The zero-order chi connectivity index (χ0) is 21.5. The molecule has 0 saturated heterocycles. The standard InChI is InChI=1S/C22H18N6OS/c1-14-2-4-15(5-3-14)20-17(12-23)21(25)28-22(18(20)13-24)30-11-8-19(29)27-16-6-9-26-10-7-16/h2-7,9-10H,8,11H2,1H3,(H2,25,28)(H,26,27,29). The smallest absolute Gasteiger partial charge is 0.225 e. The van der Waals surface area contributed by atoms with Crippen LogP contribution in [0.2, 0.25) is 0 Å². The number of amides is 1. The fourth-order valence-corrected chi connectivity index (χ4v) is 3.75. The Morgan fingerprint density at radius 3 is 2.40 bits per heavy atom. The summed E-state index contributed by atoms with van der Waals surface area (Å²) in [5, 5.41) is 22.5. The third kappa shape index (κ3) is 4.75. The Hall–Kier alpha value is -3.88. The molecule has 148 valence electrons. The molecule has 0 atom stereocenters. The van der Waals surface area contributed by atoms with Gasteiger partial charge < -0.3 is 11.1 Å². The highest BCUT2D eigenvalue weighted by Gasteiger charge is 2.20. The lowest BCUT2D eigenvalue weighted by molar-refractivity contribution is -0.115. The number of carbonyl (C=O) groups excluding carboxylic acids is 1. The summed E-state index contributed by atoms with van der Waals surface area (Å²) in [5.41, 5.74) is 9.39. The van der Waals surface area contributed by atoms with E-state index in [0.29, 0.717) is 22.0 Å². The second-order valence-corrected chi connectivity index (χ2v) is 7.48. The van der Waals surface area contributed by atoms with Crippen molar-refractivity contribution in [1.29, 1.82) is 10.5 Å². The van der Waals surface area contributed by atoms with Crippen LogP contribution in [0, 0.1) is 29.6 Å². The number of nitrogens with zero attached hydrogens (tertiary/aromatic N) is 4. The first-order valence-corrected chi connectivity index (χ1v) is 10.1. The summed E-state index contributed by atoms with van der Waals surface area (Å²) in [5.74, 6) is 0.306. The molecule has 3 rings (SSSR count). The van der Waals surface area contributed by atoms with Gasteiger partial charge in [-0.1, -0.05) is 29.8 Å². The summed E-state index contributed by atoms with van der Waals surface area (Å²) >= 11 is 1.26. The average molecular weight is 414 g/mol. The molecule has 0 aliphatic heterocycles. The van der Waals surface area contributed by atoms with Gasteiger partial charge >= 0.3 is 0 Å². The van der Waals surface area contributed by atoms with E-state index in [1.165, 1.54) is 11.8 Å². The molecule has 8 heteroatoms. The lowest BCUT2D eigenvalue weighted by Gasteiger charge is -2.13. The zero-order valence-electron chi connectivity index (χ0n) is 16.2. The van der Waals surface area contributed by atoms with Crippen molar-refractivity contribution in [3.8, 4) is 23.3 Å². The van der Waals surface area contributed by atoms with Gasteiger partial charge in [0.2, 0.25) is 5.91 Å². The highest BCUT2D eigenvalue weighted by molar-refractivity contribution is 7.99. The van der Waals surface area contributed by atoms with Gasteiger partial charge in [0.05, 0.1) is 5.56 Å². The Labute approximate surface area is 178 Å². The predicted octanol–water partition coefficient (Wildman–Crippen LogP) is 3.90. The number of nitrogens with two attached hydrogens (primary N) is 1. The van der Waals surface area contributed by atoms with E-state index in [-0.39, 0.29) is 29.3 Å². The van der Waals surface area contributed by atoms with Crippen LogP contribution in [0.15, 0.2) is 53.8 Å². The Morgan fingerprint density at radius 1 is 1.10 bits per heavy atom. The van der Waals surface area contributed by atoms with Crippen LogP contribution in [-0.4, -0.2) is 21.6 Å². The summed E-state index contributed by atoms with van der Waals surface area (Å²) < 4.78 is 0. The molecule has 3 aromatic rings. The molecule has 0 spiro atoms. The van der Waals surface area contributed by atoms with E-state index in [1.807, 2.05) is 31.2 Å². The molecule has 30 heavy (non-hydrogen) atoms. The number of aryl methyl sites for hydroxylation is 1. The van der Waals surface area contributed by atoms with Crippen LogP contribution in [0.25, 0.3) is 11.1 Å². The van der Waals surface area contributed by atoms with Crippen molar-refractivity contribution in [2.24, 2.45) is 0 Å². The molecule has 2 aromatic heterocycles. The number of nitrogen functional groups attached to an aromatic ring is 1. The lowest BCUT2D eigenvalue weighted by atomic mass is 9.96. The lowest BCUT2D eigenvalue weighted by Crippen LogP contribution is -2.12. The van der Waals surface area contributed by atoms with Gasteiger partial charge in [-0.25, -0.2) is 4.98 Å². The van der Waals surface area contributed by atoms with Crippen molar-refractivity contribution >= 4 is 29.2 Å². The van der Waals surface area contributed by atoms with Crippen molar-refractivity contribution in [2.45, 2.75) is 18.4 Å². The topological polar surface area (TPSA) is 128 Å². The fourth-order valence-electron chi connectivity index (χ4n) is 2.81. The average Bonchev–Trinajstić information content (AvgIpc) is 2.74. The van der Waals surface area contributed by atoms with Crippen molar-refractivity contribution < 1.29 is 4.79 Å². The molecule has 0 bridgehead atoms. The van der Waals surface area contributed by atoms with Crippen molar-refractivity contribution in [3.63, 3.8) is 0 Å². The largest absolute Gasteiger partial charge is 0.383 e. The summed E-state index contributed by atoms with van der Waals surface area (Å²) in [4.78, 5) is 20.3. The van der Waals surface area contributed by atoms with E-state index >= 15 is 0 Å². The number of nitriles is 2. The zero-order valence-corrected chi connectivity index (χ0v) is 17.0. The van der Waals surface area contributed by atoms with E-state index in [1.54, 1.807) is 24.5 Å². The number of anilines is 2. The van der Waals surface area contributed by atoms with Gasteiger partial charge in [-0.05, 0) is 24.6 Å². The molecule has 1 amide bonds. The molecule has 2 heterocycles. The second kappa shape index (κ2) is 9.55. The predicted molar refractivity (Wildman–Crippen MR) is 116 cm³/mol. The van der Waals surface area contributed by atoms with Gasteiger partial charge in [0.15, 0.2) is 0 Å². The molecule has 0 unspecified atom stereocenters. The summed E-state index contributed by atoms with van der Waals surface area (Å²) in [6, 6.07) is 15.1. The third-order valence-corrected chi connectivity index (χ3v) is 5.26. The Balaban J connectivity index is 1.83. The van der Waals surface area contributed by atoms with Crippen LogP contribution in [-0.2, 0) is 4.79 Å². The first-order chi connectivity index (χ1) is 14.5. The van der Waals surface area contributed by atoms with E-state index in [9.17, 15) is 15.3 Å². The maximum atomic E-state index is 12.1. The molecule has 3 N–H and O–H groups in total. The number of rotatable bonds is 6. The molecular formula is C22H18N6OS.